The number of anilines is 1. The van der Waals surface area contributed by atoms with E-state index in [1.807, 2.05) is 12.1 Å². The van der Waals surface area contributed by atoms with Crippen LogP contribution in [0, 0.1) is 5.41 Å². The van der Waals surface area contributed by atoms with Gasteiger partial charge in [-0.3, -0.25) is 0 Å². The first kappa shape index (κ1) is 10.0. The van der Waals surface area contributed by atoms with Crippen LogP contribution in [-0.4, -0.2) is 45.0 Å². The number of nitrogens with zero attached hydrogens (tertiary/aromatic N) is 2. The van der Waals surface area contributed by atoms with E-state index in [1.54, 1.807) is 0 Å². The molecule has 2 nitrogen and oxygen atoms in total. The summed E-state index contributed by atoms with van der Waals surface area (Å²) in [5, 5.41) is 0. The van der Waals surface area contributed by atoms with E-state index in [4.69, 9.17) is 7.85 Å². The first-order valence-electron chi connectivity index (χ1n) is 6.53. The van der Waals surface area contributed by atoms with Crippen molar-refractivity contribution in [3.05, 3.63) is 24.3 Å². The zero-order valence-electron chi connectivity index (χ0n) is 10.3. The Bertz CT molecular complexity index is 458. The van der Waals surface area contributed by atoms with Crippen LogP contribution in [0.2, 0.25) is 0 Å². The van der Waals surface area contributed by atoms with Crippen LogP contribution in [0.1, 0.15) is 12.8 Å². The van der Waals surface area contributed by atoms with Crippen molar-refractivity contribution >= 4 is 19.0 Å². The maximum atomic E-state index is 5.76. The van der Waals surface area contributed by atoms with E-state index >= 15 is 0 Å². The maximum Gasteiger partial charge on any atom is 0.113 e. The fourth-order valence-electron chi connectivity index (χ4n) is 4.14. The molecule has 2 heterocycles. The zero-order chi connectivity index (χ0) is 11.6. The van der Waals surface area contributed by atoms with E-state index in [1.165, 1.54) is 31.6 Å². The van der Waals surface area contributed by atoms with E-state index in [9.17, 15) is 0 Å². The Morgan fingerprint density at radius 3 is 2.71 bits per heavy atom. The molecular weight excluding hydrogens is 207 g/mol. The van der Waals surface area contributed by atoms with Gasteiger partial charge in [-0.15, -0.1) is 0 Å². The molecule has 1 saturated carbocycles. The van der Waals surface area contributed by atoms with Crippen LogP contribution < -0.4 is 10.4 Å². The number of hydrogen-bond acceptors (Lipinski definition) is 2. The summed E-state index contributed by atoms with van der Waals surface area (Å²) < 4.78 is 0. The quantitative estimate of drug-likeness (QED) is 0.650. The lowest BCUT2D eigenvalue weighted by Gasteiger charge is -2.28. The molecule has 17 heavy (non-hydrogen) atoms. The van der Waals surface area contributed by atoms with Crippen LogP contribution in [0.15, 0.2) is 24.3 Å². The lowest BCUT2D eigenvalue weighted by molar-refractivity contribution is 0.354. The van der Waals surface area contributed by atoms with E-state index < -0.39 is 0 Å². The average Bonchev–Trinajstić information content (AvgIpc) is 2.84. The summed E-state index contributed by atoms with van der Waals surface area (Å²) in [6, 6.07) is 9.98. The molecule has 3 atom stereocenters. The van der Waals surface area contributed by atoms with Crippen LogP contribution in [0.4, 0.5) is 5.69 Å². The highest BCUT2D eigenvalue weighted by Gasteiger charge is 2.69. The minimum Gasteiger partial charge on any atom is -0.367 e. The topological polar surface area (TPSA) is 6.48 Å². The van der Waals surface area contributed by atoms with E-state index in [2.05, 4.69) is 29.0 Å². The van der Waals surface area contributed by atoms with Crippen molar-refractivity contribution in [2.45, 2.75) is 24.9 Å². The van der Waals surface area contributed by atoms with Gasteiger partial charge in [-0.2, -0.15) is 0 Å². The summed E-state index contributed by atoms with van der Waals surface area (Å²) in [6.45, 7) is 2.45. The number of hydrogen-bond donors (Lipinski definition) is 0. The van der Waals surface area contributed by atoms with Crippen molar-refractivity contribution in [3.63, 3.8) is 0 Å². The third-order valence-corrected chi connectivity index (χ3v) is 5.15. The minimum atomic E-state index is 0.635. The van der Waals surface area contributed by atoms with Crippen LogP contribution in [0.3, 0.4) is 0 Å². The molecule has 1 aromatic rings. The lowest BCUT2D eigenvalue weighted by Crippen LogP contribution is -2.37. The molecule has 0 N–H and O–H groups in total. The molecule has 86 valence electrons. The molecule has 2 aliphatic heterocycles. The standard InChI is InChI=1S/C14H17BN2/c1-16-9-13-14(8-12(14)16)6-7-17(13)11-4-2-10(15)3-5-11/h2-5,12-13H,6-9H2,1H3/t12?,13-,14+/m0/s1. The Hall–Kier alpha value is -0.955. The summed E-state index contributed by atoms with van der Waals surface area (Å²) in [6.07, 6.45) is 2.79. The Morgan fingerprint density at radius 2 is 2.00 bits per heavy atom. The average molecular weight is 224 g/mol. The second-order valence-electron chi connectivity index (χ2n) is 5.94. The number of piperidine rings is 1. The molecule has 3 heteroatoms. The molecule has 4 rings (SSSR count). The first-order valence-corrected chi connectivity index (χ1v) is 6.53. The SMILES string of the molecule is [B]c1ccc(N2CC[C@@]34CC3N(C)C[C@H]24)cc1. The van der Waals surface area contributed by atoms with Gasteiger partial charge in [0.05, 0.1) is 0 Å². The summed E-state index contributed by atoms with van der Waals surface area (Å²) in [7, 11) is 8.04. The second-order valence-corrected chi connectivity index (χ2v) is 5.94. The fraction of sp³-hybridized carbons (Fsp3) is 0.571. The van der Waals surface area contributed by atoms with Crippen LogP contribution >= 0.6 is 0 Å². The predicted molar refractivity (Wildman–Crippen MR) is 71.0 cm³/mol. The highest BCUT2D eigenvalue weighted by molar-refractivity contribution is 6.32. The molecule has 0 amide bonds. The van der Waals surface area contributed by atoms with Gasteiger partial charge in [0.25, 0.3) is 0 Å². The predicted octanol–water partition coefficient (Wildman–Crippen LogP) is 0.763. The summed E-state index contributed by atoms with van der Waals surface area (Å²) in [5.41, 5.74) is 2.84. The molecule has 1 unspecified atom stereocenters. The van der Waals surface area contributed by atoms with Crippen molar-refractivity contribution in [3.8, 4) is 0 Å². The van der Waals surface area contributed by atoms with Gasteiger partial charge < -0.3 is 9.80 Å². The summed E-state index contributed by atoms with van der Waals surface area (Å²) >= 11 is 0. The Balaban J connectivity index is 1.66. The fourth-order valence-corrected chi connectivity index (χ4v) is 4.14. The van der Waals surface area contributed by atoms with Gasteiger partial charge in [-0.25, -0.2) is 0 Å². The highest BCUT2D eigenvalue weighted by Crippen LogP contribution is 2.63. The van der Waals surface area contributed by atoms with E-state index in [-0.39, 0.29) is 0 Å². The number of rotatable bonds is 1. The molecule has 0 aromatic heterocycles. The van der Waals surface area contributed by atoms with E-state index in [0.29, 0.717) is 5.41 Å². The van der Waals surface area contributed by atoms with Gasteiger partial charge in [0, 0.05) is 36.3 Å². The Morgan fingerprint density at radius 1 is 1.24 bits per heavy atom. The Labute approximate surface area is 104 Å². The molecule has 3 aliphatic rings. The Kier molecular flexibility index (Phi) is 1.81. The van der Waals surface area contributed by atoms with Gasteiger partial charge in [-0.1, -0.05) is 17.6 Å². The number of likely N-dealkylation sites (N-methyl/N-ethyl adjacent to an activating group) is 1. The minimum absolute atomic E-state index is 0.635. The smallest absolute Gasteiger partial charge is 0.113 e. The molecule has 1 spiro atoms. The molecule has 2 radical (unpaired) electrons. The van der Waals surface area contributed by atoms with Crippen molar-refractivity contribution in [2.75, 3.05) is 25.0 Å². The molecule has 1 aromatic carbocycles. The molecular formula is C14H17BN2. The van der Waals surface area contributed by atoms with Gasteiger partial charge in [-0.05, 0) is 32.0 Å². The first-order chi connectivity index (χ1) is 8.21. The number of benzene rings is 1. The highest BCUT2D eigenvalue weighted by atomic mass is 15.3. The van der Waals surface area contributed by atoms with Crippen molar-refractivity contribution in [2.24, 2.45) is 5.41 Å². The summed E-state index contributed by atoms with van der Waals surface area (Å²) in [5.74, 6) is 0. The molecule has 2 saturated heterocycles. The largest absolute Gasteiger partial charge is 0.367 e. The maximum absolute atomic E-state index is 5.76. The van der Waals surface area contributed by atoms with Crippen molar-refractivity contribution in [1.29, 1.82) is 0 Å². The normalized spacial score (nSPS) is 39.2. The number of likely N-dealkylation sites (tertiary alicyclic amines) is 1. The third-order valence-electron chi connectivity index (χ3n) is 5.15. The van der Waals surface area contributed by atoms with Crippen molar-refractivity contribution in [1.82, 2.24) is 4.90 Å². The van der Waals surface area contributed by atoms with E-state index in [0.717, 1.165) is 17.5 Å². The lowest BCUT2D eigenvalue weighted by atomic mass is 9.96. The molecule has 3 fully saturated rings. The van der Waals surface area contributed by atoms with Gasteiger partial charge in [0.1, 0.15) is 7.85 Å². The van der Waals surface area contributed by atoms with Crippen LogP contribution in [0.5, 0.6) is 0 Å². The molecule has 1 aliphatic carbocycles. The van der Waals surface area contributed by atoms with Gasteiger partial charge in [0.15, 0.2) is 0 Å². The van der Waals surface area contributed by atoms with Gasteiger partial charge in [0.2, 0.25) is 0 Å². The van der Waals surface area contributed by atoms with Gasteiger partial charge >= 0.3 is 0 Å². The van der Waals surface area contributed by atoms with Crippen molar-refractivity contribution < 1.29 is 0 Å². The van der Waals surface area contributed by atoms with Crippen LogP contribution in [0.25, 0.3) is 0 Å². The molecule has 0 bridgehead atoms. The third kappa shape index (κ3) is 1.21. The second kappa shape index (κ2) is 3.08. The monoisotopic (exact) mass is 224 g/mol. The van der Waals surface area contributed by atoms with Crippen LogP contribution in [-0.2, 0) is 0 Å². The summed E-state index contributed by atoms with van der Waals surface area (Å²) in [4.78, 5) is 5.15. The zero-order valence-corrected chi connectivity index (χ0v) is 10.3.